The molecule has 2 N–H and O–H groups in total. The van der Waals surface area contributed by atoms with E-state index in [1.165, 1.54) is 0 Å². The Morgan fingerprint density at radius 2 is 2.22 bits per heavy atom. The number of nitrogen functional groups attached to an aromatic ring is 1. The molecular weight excluding hydrogens is 230 g/mol. The number of unbranched alkanes of at least 4 members (excludes halogenated alkanes) is 1. The maximum absolute atomic E-state index is 5.90. The van der Waals surface area contributed by atoms with Crippen LogP contribution in [0.5, 0.6) is 5.75 Å². The first-order valence-electron chi connectivity index (χ1n) is 6.01. The van der Waals surface area contributed by atoms with Gasteiger partial charge in [0.2, 0.25) is 0 Å². The van der Waals surface area contributed by atoms with E-state index in [9.17, 15) is 0 Å². The van der Waals surface area contributed by atoms with Crippen molar-refractivity contribution in [3.8, 4) is 17.2 Å². The number of hydrogen-bond acceptors (Lipinski definition) is 5. The summed E-state index contributed by atoms with van der Waals surface area (Å²) in [6.07, 6.45) is 2.97. The highest BCUT2D eigenvalue weighted by Crippen LogP contribution is 2.28. The molecule has 0 aliphatic carbocycles. The molecule has 0 fully saturated rings. The Morgan fingerprint density at radius 3 is 2.94 bits per heavy atom. The molecule has 5 heteroatoms. The summed E-state index contributed by atoms with van der Waals surface area (Å²) in [5, 5.41) is 3.94. The Kier molecular flexibility index (Phi) is 3.82. The summed E-state index contributed by atoms with van der Waals surface area (Å²) in [6, 6.07) is 5.36. The van der Waals surface area contributed by atoms with E-state index in [1.807, 2.05) is 0 Å². The highest BCUT2D eigenvalue weighted by Gasteiger charge is 2.12. The van der Waals surface area contributed by atoms with Gasteiger partial charge < -0.3 is 15.0 Å². The van der Waals surface area contributed by atoms with Gasteiger partial charge >= 0.3 is 0 Å². The molecule has 0 aliphatic heterocycles. The number of aryl methyl sites for hydroxylation is 1. The summed E-state index contributed by atoms with van der Waals surface area (Å²) in [5.41, 5.74) is 7.21. The maximum atomic E-state index is 5.90. The average molecular weight is 247 g/mol. The van der Waals surface area contributed by atoms with E-state index >= 15 is 0 Å². The lowest BCUT2D eigenvalue weighted by molar-refractivity contribution is 0.412. The number of aromatic nitrogens is 2. The van der Waals surface area contributed by atoms with Crippen LogP contribution >= 0.6 is 0 Å². The van der Waals surface area contributed by atoms with Crippen molar-refractivity contribution in [2.45, 2.75) is 26.2 Å². The minimum absolute atomic E-state index is 0.442. The van der Waals surface area contributed by atoms with Crippen molar-refractivity contribution in [3.63, 3.8) is 0 Å². The van der Waals surface area contributed by atoms with Gasteiger partial charge in [0.1, 0.15) is 5.75 Å². The molecule has 0 amide bonds. The van der Waals surface area contributed by atoms with Gasteiger partial charge in [0.15, 0.2) is 5.82 Å². The van der Waals surface area contributed by atoms with E-state index < -0.39 is 0 Å². The molecule has 0 unspecified atom stereocenters. The van der Waals surface area contributed by atoms with Crippen LogP contribution in [0.15, 0.2) is 22.7 Å². The summed E-state index contributed by atoms with van der Waals surface area (Å²) in [5.74, 6) is 1.87. The molecule has 0 saturated carbocycles. The lowest BCUT2D eigenvalue weighted by atomic mass is 10.1. The maximum Gasteiger partial charge on any atom is 0.260 e. The van der Waals surface area contributed by atoms with Gasteiger partial charge in [-0.25, -0.2) is 0 Å². The lowest BCUT2D eigenvalue weighted by Gasteiger charge is -2.03. The zero-order valence-electron chi connectivity index (χ0n) is 10.6. The minimum Gasteiger partial charge on any atom is -0.497 e. The van der Waals surface area contributed by atoms with Gasteiger partial charge in [-0.15, -0.1) is 0 Å². The fourth-order valence-electron chi connectivity index (χ4n) is 1.65. The largest absolute Gasteiger partial charge is 0.497 e. The summed E-state index contributed by atoms with van der Waals surface area (Å²) in [4.78, 5) is 4.34. The number of anilines is 1. The van der Waals surface area contributed by atoms with Gasteiger partial charge in [-0.05, 0) is 24.6 Å². The summed E-state index contributed by atoms with van der Waals surface area (Å²) in [7, 11) is 1.61. The van der Waals surface area contributed by atoms with Crippen LogP contribution in [0.4, 0.5) is 5.69 Å². The van der Waals surface area contributed by atoms with Crippen LogP contribution in [0.3, 0.4) is 0 Å². The summed E-state index contributed by atoms with van der Waals surface area (Å²) in [6.45, 7) is 2.13. The molecule has 18 heavy (non-hydrogen) atoms. The van der Waals surface area contributed by atoms with Crippen LogP contribution in [0.2, 0.25) is 0 Å². The standard InChI is InChI=1S/C13H17N3O2/c1-3-4-5-12-15-13(18-16-12)10-8-9(17-2)6-7-11(10)14/h6-8H,3-5,14H2,1-2H3. The van der Waals surface area contributed by atoms with Crippen molar-refractivity contribution >= 4 is 5.69 Å². The minimum atomic E-state index is 0.442. The Bertz CT molecular complexity index is 523. The van der Waals surface area contributed by atoms with E-state index in [0.717, 1.165) is 19.3 Å². The van der Waals surface area contributed by atoms with Crippen molar-refractivity contribution in [1.82, 2.24) is 10.1 Å². The Labute approximate surface area is 106 Å². The van der Waals surface area contributed by atoms with E-state index in [1.54, 1.807) is 25.3 Å². The van der Waals surface area contributed by atoms with Crippen LogP contribution in [-0.4, -0.2) is 17.3 Å². The molecule has 0 saturated heterocycles. The van der Waals surface area contributed by atoms with Crippen LogP contribution in [0.1, 0.15) is 25.6 Å². The molecule has 1 aromatic carbocycles. The third kappa shape index (κ3) is 2.61. The van der Waals surface area contributed by atoms with Crippen LogP contribution in [0.25, 0.3) is 11.5 Å². The van der Waals surface area contributed by atoms with Crippen molar-refractivity contribution in [3.05, 3.63) is 24.0 Å². The number of rotatable bonds is 5. The third-order valence-corrected chi connectivity index (χ3v) is 2.71. The summed E-state index contributed by atoms with van der Waals surface area (Å²) >= 11 is 0. The van der Waals surface area contributed by atoms with Gasteiger partial charge in [-0.1, -0.05) is 18.5 Å². The molecule has 1 aromatic heterocycles. The van der Waals surface area contributed by atoms with Gasteiger partial charge in [0, 0.05) is 12.1 Å². The lowest BCUT2D eigenvalue weighted by Crippen LogP contribution is -1.92. The molecule has 0 bridgehead atoms. The molecule has 1 heterocycles. The van der Waals surface area contributed by atoms with Gasteiger partial charge in [0.05, 0.1) is 12.7 Å². The number of methoxy groups -OCH3 is 1. The van der Waals surface area contributed by atoms with E-state index in [2.05, 4.69) is 17.1 Å². The summed E-state index contributed by atoms with van der Waals surface area (Å²) < 4.78 is 10.4. The first kappa shape index (κ1) is 12.4. The van der Waals surface area contributed by atoms with Crippen molar-refractivity contribution in [2.75, 3.05) is 12.8 Å². The SMILES string of the molecule is CCCCc1noc(-c2cc(OC)ccc2N)n1. The predicted octanol–water partition coefficient (Wildman–Crippen LogP) is 2.67. The topological polar surface area (TPSA) is 74.2 Å². The number of nitrogens with zero attached hydrogens (tertiary/aromatic N) is 2. The highest BCUT2D eigenvalue weighted by atomic mass is 16.5. The quantitative estimate of drug-likeness (QED) is 0.822. The fraction of sp³-hybridized carbons (Fsp3) is 0.385. The Morgan fingerprint density at radius 1 is 1.39 bits per heavy atom. The highest BCUT2D eigenvalue weighted by molar-refractivity contribution is 5.72. The average Bonchev–Trinajstić information content (AvgIpc) is 2.85. The molecule has 5 nitrogen and oxygen atoms in total. The molecule has 0 radical (unpaired) electrons. The number of hydrogen-bond donors (Lipinski definition) is 1. The van der Waals surface area contributed by atoms with Crippen molar-refractivity contribution < 1.29 is 9.26 Å². The molecule has 2 aromatic rings. The smallest absolute Gasteiger partial charge is 0.260 e. The fourth-order valence-corrected chi connectivity index (χ4v) is 1.65. The van der Waals surface area contributed by atoms with E-state index in [0.29, 0.717) is 28.7 Å². The van der Waals surface area contributed by atoms with Gasteiger partial charge in [-0.2, -0.15) is 4.98 Å². The zero-order chi connectivity index (χ0) is 13.0. The van der Waals surface area contributed by atoms with Crippen LogP contribution in [-0.2, 0) is 6.42 Å². The third-order valence-electron chi connectivity index (χ3n) is 2.71. The molecule has 0 spiro atoms. The Hall–Kier alpha value is -2.04. The van der Waals surface area contributed by atoms with Crippen LogP contribution < -0.4 is 10.5 Å². The number of benzene rings is 1. The second kappa shape index (κ2) is 5.53. The number of nitrogens with two attached hydrogens (primary N) is 1. The monoisotopic (exact) mass is 247 g/mol. The molecule has 0 atom stereocenters. The van der Waals surface area contributed by atoms with Crippen molar-refractivity contribution in [2.24, 2.45) is 0 Å². The zero-order valence-corrected chi connectivity index (χ0v) is 10.6. The second-order valence-electron chi connectivity index (χ2n) is 4.07. The first-order valence-corrected chi connectivity index (χ1v) is 6.01. The normalized spacial score (nSPS) is 10.6. The molecule has 96 valence electrons. The van der Waals surface area contributed by atoms with Crippen LogP contribution in [0, 0.1) is 0 Å². The second-order valence-corrected chi connectivity index (χ2v) is 4.07. The molecular formula is C13H17N3O2. The Balaban J connectivity index is 2.27. The molecule has 2 rings (SSSR count). The van der Waals surface area contributed by atoms with E-state index in [4.69, 9.17) is 15.0 Å². The van der Waals surface area contributed by atoms with Gasteiger partial charge in [-0.3, -0.25) is 0 Å². The van der Waals surface area contributed by atoms with Crippen molar-refractivity contribution in [1.29, 1.82) is 0 Å². The van der Waals surface area contributed by atoms with E-state index in [-0.39, 0.29) is 0 Å². The molecule has 0 aliphatic rings. The first-order chi connectivity index (χ1) is 8.74. The number of ether oxygens (including phenoxy) is 1. The van der Waals surface area contributed by atoms with Gasteiger partial charge in [0.25, 0.3) is 5.89 Å². The predicted molar refractivity (Wildman–Crippen MR) is 69.3 cm³/mol.